The zero-order valence-electron chi connectivity index (χ0n) is 12.4. The zero-order chi connectivity index (χ0) is 15.1. The first-order valence-electron chi connectivity index (χ1n) is 7.54. The van der Waals surface area contributed by atoms with Gasteiger partial charge in [-0.1, -0.05) is 0 Å². The second-order valence-corrected chi connectivity index (χ2v) is 8.06. The molecular formula is C13H24N2O5S. The summed E-state index contributed by atoms with van der Waals surface area (Å²) in [6, 6.07) is 0. The molecule has 7 nitrogen and oxygen atoms in total. The van der Waals surface area contributed by atoms with Crippen molar-refractivity contribution in [2.24, 2.45) is 5.41 Å². The lowest BCUT2D eigenvalue weighted by molar-refractivity contribution is -0.197. The van der Waals surface area contributed by atoms with E-state index in [1.165, 1.54) is 4.31 Å². The molecule has 1 saturated carbocycles. The Morgan fingerprint density at radius 2 is 1.71 bits per heavy atom. The Bertz CT molecular complexity index is 469. The van der Waals surface area contributed by atoms with Gasteiger partial charge in [0.1, 0.15) is 0 Å². The van der Waals surface area contributed by atoms with Crippen LogP contribution in [0.4, 0.5) is 0 Å². The quantitative estimate of drug-likeness (QED) is 0.753. The molecule has 2 aliphatic heterocycles. The molecule has 0 aromatic carbocycles. The van der Waals surface area contributed by atoms with Gasteiger partial charge in [-0.15, -0.1) is 0 Å². The van der Waals surface area contributed by atoms with Gasteiger partial charge < -0.3 is 14.6 Å². The highest BCUT2D eigenvalue weighted by Crippen LogP contribution is 2.51. The standard InChI is InChI=1S/C13H24N2O5S/c1-19-12-10-11(16)13(12)2-4-14(5-3-13)21(17,18)15-6-8-20-9-7-15/h11-12,16H,2-10H2,1H3/t11-,12+/m1/s1. The fraction of sp³-hybridized carbons (Fsp3) is 1.00. The predicted molar refractivity (Wildman–Crippen MR) is 76.0 cm³/mol. The molecule has 0 aromatic rings. The van der Waals surface area contributed by atoms with Crippen LogP contribution in [-0.4, -0.2) is 80.8 Å². The van der Waals surface area contributed by atoms with Crippen molar-refractivity contribution in [1.82, 2.24) is 8.61 Å². The van der Waals surface area contributed by atoms with Gasteiger partial charge in [-0.3, -0.25) is 0 Å². The summed E-state index contributed by atoms with van der Waals surface area (Å²) in [5.74, 6) is 0. The lowest BCUT2D eigenvalue weighted by Gasteiger charge is -2.56. The van der Waals surface area contributed by atoms with Crippen molar-refractivity contribution in [3.8, 4) is 0 Å². The number of ether oxygens (including phenoxy) is 2. The minimum atomic E-state index is -3.40. The van der Waals surface area contributed by atoms with E-state index in [1.54, 1.807) is 11.4 Å². The molecule has 0 radical (unpaired) electrons. The maximum absolute atomic E-state index is 12.6. The fourth-order valence-electron chi connectivity index (χ4n) is 3.79. The van der Waals surface area contributed by atoms with Crippen molar-refractivity contribution in [3.05, 3.63) is 0 Å². The highest BCUT2D eigenvalue weighted by molar-refractivity contribution is 7.86. The number of hydrogen-bond donors (Lipinski definition) is 1. The Hall–Kier alpha value is -0.250. The SMILES string of the molecule is CO[C@H]1C[C@@H](O)C12CCN(S(=O)(=O)N1CCOCC1)CC2. The number of rotatable bonds is 3. The molecule has 8 heteroatoms. The molecular weight excluding hydrogens is 296 g/mol. The van der Waals surface area contributed by atoms with Crippen LogP contribution in [0.2, 0.25) is 0 Å². The van der Waals surface area contributed by atoms with Crippen LogP contribution in [0.5, 0.6) is 0 Å². The molecule has 2 atom stereocenters. The van der Waals surface area contributed by atoms with Crippen LogP contribution in [0.25, 0.3) is 0 Å². The molecule has 0 amide bonds. The average molecular weight is 320 g/mol. The van der Waals surface area contributed by atoms with Gasteiger partial charge in [-0.2, -0.15) is 17.0 Å². The summed E-state index contributed by atoms with van der Waals surface area (Å²) in [5.41, 5.74) is -0.244. The predicted octanol–water partition coefficient (Wildman–Crippen LogP) is -0.575. The molecule has 0 unspecified atom stereocenters. The molecule has 0 aromatic heterocycles. The van der Waals surface area contributed by atoms with Gasteiger partial charge in [0.15, 0.2) is 0 Å². The largest absolute Gasteiger partial charge is 0.392 e. The van der Waals surface area contributed by atoms with E-state index in [0.717, 1.165) is 0 Å². The Morgan fingerprint density at radius 1 is 1.14 bits per heavy atom. The molecule has 3 aliphatic rings. The number of piperidine rings is 1. The fourth-order valence-corrected chi connectivity index (χ4v) is 5.37. The smallest absolute Gasteiger partial charge is 0.282 e. The van der Waals surface area contributed by atoms with Gasteiger partial charge in [0, 0.05) is 45.1 Å². The monoisotopic (exact) mass is 320 g/mol. The number of nitrogens with zero attached hydrogens (tertiary/aromatic N) is 2. The van der Waals surface area contributed by atoms with E-state index in [0.29, 0.717) is 58.7 Å². The van der Waals surface area contributed by atoms with Gasteiger partial charge in [0.2, 0.25) is 0 Å². The van der Waals surface area contributed by atoms with E-state index in [9.17, 15) is 13.5 Å². The third-order valence-electron chi connectivity index (χ3n) is 5.30. The van der Waals surface area contributed by atoms with Crippen molar-refractivity contribution in [2.75, 3.05) is 46.5 Å². The molecule has 3 rings (SSSR count). The maximum atomic E-state index is 12.6. The van der Waals surface area contributed by atoms with Gasteiger partial charge in [-0.25, -0.2) is 0 Å². The molecule has 1 spiro atoms. The van der Waals surface area contributed by atoms with Gasteiger partial charge >= 0.3 is 0 Å². The summed E-state index contributed by atoms with van der Waals surface area (Å²) in [6.07, 6.45) is 1.68. The normalized spacial score (nSPS) is 34.8. The van der Waals surface area contributed by atoms with Crippen molar-refractivity contribution in [3.63, 3.8) is 0 Å². The summed E-state index contributed by atoms with van der Waals surface area (Å²) < 4.78 is 38.9. The van der Waals surface area contributed by atoms with Crippen LogP contribution in [0.15, 0.2) is 0 Å². The first-order valence-corrected chi connectivity index (χ1v) is 8.94. The van der Waals surface area contributed by atoms with E-state index in [-0.39, 0.29) is 17.6 Å². The number of morpholine rings is 1. The van der Waals surface area contributed by atoms with Crippen molar-refractivity contribution >= 4 is 10.2 Å². The molecule has 2 heterocycles. The Balaban J connectivity index is 1.65. The number of methoxy groups -OCH3 is 1. The zero-order valence-corrected chi connectivity index (χ0v) is 13.2. The van der Waals surface area contributed by atoms with Crippen LogP contribution in [0, 0.1) is 5.41 Å². The first kappa shape index (κ1) is 15.6. The van der Waals surface area contributed by atoms with Crippen LogP contribution in [0.1, 0.15) is 19.3 Å². The Morgan fingerprint density at radius 3 is 2.24 bits per heavy atom. The molecule has 1 N–H and O–H groups in total. The van der Waals surface area contributed by atoms with E-state index in [4.69, 9.17) is 9.47 Å². The minimum Gasteiger partial charge on any atom is -0.392 e. The van der Waals surface area contributed by atoms with Crippen LogP contribution >= 0.6 is 0 Å². The lowest BCUT2D eigenvalue weighted by Crippen LogP contribution is -2.63. The summed E-state index contributed by atoms with van der Waals surface area (Å²) in [6.45, 7) is 2.68. The van der Waals surface area contributed by atoms with E-state index >= 15 is 0 Å². The third-order valence-corrected chi connectivity index (χ3v) is 7.34. The van der Waals surface area contributed by atoms with E-state index < -0.39 is 10.2 Å². The number of aliphatic hydroxyl groups is 1. The highest BCUT2D eigenvalue weighted by Gasteiger charge is 2.56. The van der Waals surface area contributed by atoms with Gasteiger partial charge in [0.25, 0.3) is 10.2 Å². The van der Waals surface area contributed by atoms with Crippen molar-refractivity contribution < 1.29 is 23.0 Å². The van der Waals surface area contributed by atoms with Gasteiger partial charge in [0.05, 0.1) is 25.4 Å². The summed E-state index contributed by atoms with van der Waals surface area (Å²) in [4.78, 5) is 0. The van der Waals surface area contributed by atoms with Crippen LogP contribution in [-0.2, 0) is 19.7 Å². The molecule has 122 valence electrons. The third kappa shape index (κ3) is 2.51. The number of aliphatic hydroxyl groups excluding tert-OH is 1. The lowest BCUT2D eigenvalue weighted by atomic mass is 9.58. The Labute approximate surface area is 126 Å². The topological polar surface area (TPSA) is 79.3 Å². The number of hydrogen-bond acceptors (Lipinski definition) is 5. The second-order valence-electron chi connectivity index (χ2n) is 6.13. The summed E-state index contributed by atoms with van der Waals surface area (Å²) in [7, 11) is -1.74. The summed E-state index contributed by atoms with van der Waals surface area (Å²) in [5, 5.41) is 10.1. The molecule has 0 bridgehead atoms. The van der Waals surface area contributed by atoms with E-state index in [1.807, 2.05) is 0 Å². The van der Waals surface area contributed by atoms with Crippen LogP contribution < -0.4 is 0 Å². The van der Waals surface area contributed by atoms with Crippen molar-refractivity contribution in [2.45, 2.75) is 31.5 Å². The summed E-state index contributed by atoms with van der Waals surface area (Å²) >= 11 is 0. The minimum absolute atomic E-state index is 0.0562. The van der Waals surface area contributed by atoms with Crippen molar-refractivity contribution in [1.29, 1.82) is 0 Å². The maximum Gasteiger partial charge on any atom is 0.282 e. The van der Waals surface area contributed by atoms with E-state index in [2.05, 4.69) is 0 Å². The first-order chi connectivity index (χ1) is 10.0. The molecule has 21 heavy (non-hydrogen) atoms. The van der Waals surface area contributed by atoms with Gasteiger partial charge in [-0.05, 0) is 12.8 Å². The second kappa shape index (κ2) is 5.75. The average Bonchev–Trinajstić information content (AvgIpc) is 2.53. The van der Waals surface area contributed by atoms with Crippen LogP contribution in [0.3, 0.4) is 0 Å². The Kier molecular flexibility index (Phi) is 4.28. The molecule has 1 aliphatic carbocycles. The molecule has 3 fully saturated rings. The molecule has 2 saturated heterocycles. The highest BCUT2D eigenvalue weighted by atomic mass is 32.2.